The van der Waals surface area contributed by atoms with Crippen molar-refractivity contribution in [1.29, 1.82) is 0 Å². The van der Waals surface area contributed by atoms with Crippen molar-refractivity contribution in [3.8, 4) is 0 Å². The fraction of sp³-hybridized carbons (Fsp3) is 0.786. The smallest absolute Gasteiger partial charge is 0.203 e. The third-order valence-electron chi connectivity index (χ3n) is 3.54. The van der Waals surface area contributed by atoms with Gasteiger partial charge in [0.05, 0.1) is 5.69 Å². The summed E-state index contributed by atoms with van der Waals surface area (Å²) in [4.78, 5) is 4.74. The summed E-state index contributed by atoms with van der Waals surface area (Å²) in [6.07, 6.45) is 3.41. The van der Waals surface area contributed by atoms with Crippen molar-refractivity contribution in [2.75, 3.05) is 11.9 Å². The van der Waals surface area contributed by atoms with Crippen LogP contribution in [0.2, 0.25) is 0 Å². The fourth-order valence-corrected chi connectivity index (χ4v) is 2.43. The molecule has 1 aromatic heterocycles. The van der Waals surface area contributed by atoms with E-state index in [1.165, 1.54) is 12.1 Å². The summed E-state index contributed by atoms with van der Waals surface area (Å²) in [6, 6.07) is 0.544. The van der Waals surface area contributed by atoms with Crippen molar-refractivity contribution in [3.05, 3.63) is 11.9 Å². The van der Waals surface area contributed by atoms with Crippen LogP contribution in [-0.4, -0.2) is 16.1 Å². The number of anilines is 1. The van der Waals surface area contributed by atoms with Gasteiger partial charge in [0, 0.05) is 24.2 Å². The predicted octanol–water partition coefficient (Wildman–Crippen LogP) is 3.58. The minimum Gasteiger partial charge on any atom is -0.356 e. The lowest BCUT2D eigenvalue weighted by Gasteiger charge is -2.36. The normalized spacial score (nSPS) is 20.9. The second kappa shape index (κ2) is 3.76. The van der Waals surface area contributed by atoms with Crippen molar-refractivity contribution in [1.82, 2.24) is 9.55 Å². The Kier molecular flexibility index (Phi) is 2.75. The number of aromatic nitrogens is 2. The minimum absolute atomic E-state index is 0.119. The zero-order valence-corrected chi connectivity index (χ0v) is 12.0. The average Bonchev–Trinajstić information content (AvgIpc) is 2.57. The Balaban J connectivity index is 2.42. The van der Waals surface area contributed by atoms with E-state index < -0.39 is 0 Å². The molecule has 0 bridgehead atoms. The second-order valence-electron chi connectivity index (χ2n) is 7.20. The van der Waals surface area contributed by atoms with Gasteiger partial charge in [-0.3, -0.25) is 0 Å². The van der Waals surface area contributed by atoms with Gasteiger partial charge >= 0.3 is 0 Å². The first-order valence-electron chi connectivity index (χ1n) is 6.53. The van der Waals surface area contributed by atoms with E-state index in [4.69, 9.17) is 4.98 Å². The number of nitrogens with one attached hydrogen (secondary N) is 1. The van der Waals surface area contributed by atoms with Crippen molar-refractivity contribution in [3.63, 3.8) is 0 Å². The van der Waals surface area contributed by atoms with Crippen LogP contribution in [0.4, 0.5) is 5.95 Å². The molecule has 1 aliphatic rings. The first-order valence-corrected chi connectivity index (χ1v) is 6.53. The molecule has 0 aromatic carbocycles. The van der Waals surface area contributed by atoms with Crippen LogP contribution in [0.15, 0.2) is 6.20 Å². The van der Waals surface area contributed by atoms with Gasteiger partial charge in [0.1, 0.15) is 0 Å². The van der Waals surface area contributed by atoms with Crippen molar-refractivity contribution in [2.24, 2.45) is 5.41 Å². The van der Waals surface area contributed by atoms with Crippen molar-refractivity contribution >= 4 is 5.95 Å². The SMILES string of the molecule is CC(C)(C)c1cn2c(n1)NCCC2C(C)(C)C. The molecule has 1 aliphatic heterocycles. The van der Waals surface area contributed by atoms with Gasteiger partial charge in [-0.2, -0.15) is 0 Å². The molecule has 0 spiro atoms. The third kappa shape index (κ3) is 2.33. The average molecular weight is 235 g/mol. The van der Waals surface area contributed by atoms with Gasteiger partial charge in [0.25, 0.3) is 0 Å². The van der Waals surface area contributed by atoms with E-state index >= 15 is 0 Å². The Hall–Kier alpha value is -0.990. The lowest BCUT2D eigenvalue weighted by molar-refractivity contribution is 0.226. The lowest BCUT2D eigenvalue weighted by Crippen LogP contribution is -2.31. The van der Waals surface area contributed by atoms with Crippen LogP contribution in [0.5, 0.6) is 0 Å². The largest absolute Gasteiger partial charge is 0.356 e. The molecule has 0 radical (unpaired) electrons. The summed E-state index contributed by atoms with van der Waals surface area (Å²) >= 11 is 0. The van der Waals surface area contributed by atoms with E-state index in [9.17, 15) is 0 Å². The highest BCUT2D eigenvalue weighted by atomic mass is 15.2. The second-order valence-corrected chi connectivity index (χ2v) is 7.20. The topological polar surface area (TPSA) is 29.9 Å². The van der Waals surface area contributed by atoms with Gasteiger partial charge in [0.2, 0.25) is 5.95 Å². The summed E-state index contributed by atoms with van der Waals surface area (Å²) in [5, 5.41) is 3.41. The molecular formula is C14H25N3. The number of hydrogen-bond acceptors (Lipinski definition) is 2. The Labute approximate surface area is 105 Å². The predicted molar refractivity (Wildman–Crippen MR) is 72.5 cm³/mol. The Morgan fingerprint density at radius 2 is 1.88 bits per heavy atom. The van der Waals surface area contributed by atoms with E-state index in [0.29, 0.717) is 6.04 Å². The number of imidazole rings is 1. The van der Waals surface area contributed by atoms with Crippen LogP contribution in [0.25, 0.3) is 0 Å². The van der Waals surface area contributed by atoms with E-state index in [1.54, 1.807) is 0 Å². The quantitative estimate of drug-likeness (QED) is 0.745. The number of fused-ring (bicyclic) bond motifs is 1. The number of rotatable bonds is 0. The van der Waals surface area contributed by atoms with E-state index in [-0.39, 0.29) is 10.8 Å². The molecule has 0 saturated heterocycles. The van der Waals surface area contributed by atoms with E-state index in [1.807, 2.05) is 0 Å². The van der Waals surface area contributed by atoms with Crippen LogP contribution >= 0.6 is 0 Å². The van der Waals surface area contributed by atoms with Gasteiger partial charge in [-0.25, -0.2) is 4.98 Å². The molecule has 2 heterocycles. The summed E-state index contributed by atoms with van der Waals surface area (Å²) in [5.74, 6) is 1.04. The maximum atomic E-state index is 4.74. The van der Waals surface area contributed by atoms with Gasteiger partial charge in [-0.15, -0.1) is 0 Å². The van der Waals surface area contributed by atoms with Gasteiger partial charge in [-0.05, 0) is 11.8 Å². The van der Waals surface area contributed by atoms with Crippen LogP contribution in [0, 0.1) is 5.41 Å². The number of nitrogens with zero attached hydrogens (tertiary/aromatic N) is 2. The highest BCUT2D eigenvalue weighted by molar-refractivity contribution is 5.34. The highest BCUT2D eigenvalue weighted by Gasteiger charge is 2.32. The zero-order valence-electron chi connectivity index (χ0n) is 12.0. The standard InChI is InChI=1S/C14H25N3/c1-13(2,3)10-9-17-11(14(4,5)6)7-8-15-12(17)16-10/h9,11H,7-8H2,1-6H3,(H,15,16). The first-order chi connectivity index (χ1) is 7.69. The first kappa shape index (κ1) is 12.5. The van der Waals surface area contributed by atoms with Crippen molar-refractivity contribution < 1.29 is 0 Å². The maximum Gasteiger partial charge on any atom is 0.203 e. The summed E-state index contributed by atoms with van der Waals surface area (Å²) in [7, 11) is 0. The van der Waals surface area contributed by atoms with Gasteiger partial charge < -0.3 is 9.88 Å². The molecule has 1 unspecified atom stereocenters. The molecule has 1 N–H and O–H groups in total. The summed E-state index contributed by atoms with van der Waals surface area (Å²) < 4.78 is 2.34. The molecular weight excluding hydrogens is 210 g/mol. The molecule has 3 nitrogen and oxygen atoms in total. The minimum atomic E-state index is 0.119. The van der Waals surface area contributed by atoms with E-state index in [0.717, 1.165) is 12.5 Å². The molecule has 2 rings (SSSR count). The molecule has 3 heteroatoms. The maximum absolute atomic E-state index is 4.74. The molecule has 0 aliphatic carbocycles. The van der Waals surface area contributed by atoms with Gasteiger partial charge in [-0.1, -0.05) is 41.5 Å². The molecule has 17 heavy (non-hydrogen) atoms. The van der Waals surface area contributed by atoms with Crippen molar-refractivity contribution in [2.45, 2.75) is 59.4 Å². The van der Waals surface area contributed by atoms with Crippen LogP contribution in [0.3, 0.4) is 0 Å². The molecule has 0 amide bonds. The molecule has 1 atom stereocenters. The summed E-state index contributed by atoms with van der Waals surface area (Å²) in [6.45, 7) is 14.6. The fourth-order valence-electron chi connectivity index (χ4n) is 2.43. The van der Waals surface area contributed by atoms with E-state index in [2.05, 4.69) is 57.6 Å². The molecule has 0 saturated carbocycles. The summed E-state index contributed by atoms with van der Waals surface area (Å²) in [5.41, 5.74) is 1.58. The van der Waals surface area contributed by atoms with Crippen LogP contribution in [0.1, 0.15) is 59.7 Å². The molecule has 96 valence electrons. The van der Waals surface area contributed by atoms with Crippen LogP contribution in [-0.2, 0) is 5.41 Å². The third-order valence-corrected chi connectivity index (χ3v) is 3.54. The number of hydrogen-bond donors (Lipinski definition) is 1. The van der Waals surface area contributed by atoms with Gasteiger partial charge in [0.15, 0.2) is 0 Å². The van der Waals surface area contributed by atoms with Crippen LogP contribution < -0.4 is 5.32 Å². The Bertz CT molecular complexity index is 404. The highest BCUT2D eigenvalue weighted by Crippen LogP contribution is 2.39. The molecule has 0 fully saturated rings. The monoisotopic (exact) mass is 235 g/mol. The lowest BCUT2D eigenvalue weighted by atomic mass is 9.84. The zero-order chi connectivity index (χ0) is 12.8. The molecule has 1 aromatic rings. The Morgan fingerprint density at radius 1 is 1.24 bits per heavy atom. The Morgan fingerprint density at radius 3 is 2.41 bits per heavy atom.